The highest BCUT2D eigenvalue weighted by atomic mass is 127. The summed E-state index contributed by atoms with van der Waals surface area (Å²) in [6.45, 7) is 0. The van der Waals surface area contributed by atoms with Gasteiger partial charge in [-0.25, -0.2) is 4.39 Å². The molecule has 0 heterocycles. The molecule has 0 aliphatic carbocycles. The predicted molar refractivity (Wildman–Crippen MR) is 87.8 cm³/mol. The van der Waals surface area contributed by atoms with Crippen LogP contribution < -0.4 is 5.32 Å². The van der Waals surface area contributed by atoms with E-state index < -0.39 is 5.91 Å². The minimum Gasteiger partial charge on any atom is -0.321 e. The summed E-state index contributed by atoms with van der Waals surface area (Å²) in [6, 6.07) is 14.7. The van der Waals surface area contributed by atoms with Gasteiger partial charge in [0.05, 0.1) is 0 Å². The Morgan fingerprint density at radius 3 is 2.48 bits per heavy atom. The van der Waals surface area contributed by atoms with Crippen molar-refractivity contribution in [2.45, 2.75) is 0 Å². The molecule has 2 rings (SSSR count). The number of benzene rings is 2. The summed E-state index contributed by atoms with van der Waals surface area (Å²) in [6.07, 6.45) is 1.53. The van der Waals surface area contributed by atoms with Crippen LogP contribution in [0.5, 0.6) is 0 Å². The fourth-order valence-corrected chi connectivity index (χ4v) is 2.17. The normalized spacial score (nSPS) is 10.8. The number of carbonyl (C=O) groups is 1. The van der Waals surface area contributed by atoms with Gasteiger partial charge in [0.1, 0.15) is 17.5 Å². The van der Waals surface area contributed by atoms with E-state index in [0.717, 1.165) is 9.13 Å². The lowest BCUT2D eigenvalue weighted by molar-refractivity contribution is -0.112. The van der Waals surface area contributed by atoms with Crippen LogP contribution in [-0.2, 0) is 4.79 Å². The van der Waals surface area contributed by atoms with Crippen molar-refractivity contribution >= 4 is 40.3 Å². The van der Waals surface area contributed by atoms with Gasteiger partial charge >= 0.3 is 0 Å². The van der Waals surface area contributed by atoms with Crippen molar-refractivity contribution in [3.8, 4) is 6.07 Å². The number of nitrogens with one attached hydrogen (secondary N) is 1. The second kappa shape index (κ2) is 6.99. The Kier molecular flexibility index (Phi) is 5.06. The summed E-state index contributed by atoms with van der Waals surface area (Å²) in [5.74, 6) is -0.911. The molecule has 0 aliphatic heterocycles. The summed E-state index contributed by atoms with van der Waals surface area (Å²) in [4.78, 5) is 12.0. The van der Waals surface area contributed by atoms with Crippen LogP contribution in [0.3, 0.4) is 0 Å². The minimum absolute atomic E-state index is 0.0107. The Morgan fingerprint density at radius 1 is 1.19 bits per heavy atom. The third kappa shape index (κ3) is 4.13. The van der Waals surface area contributed by atoms with E-state index in [1.54, 1.807) is 0 Å². The Morgan fingerprint density at radius 2 is 1.86 bits per heavy atom. The average molecular weight is 392 g/mol. The number of nitrogens with zero attached hydrogens (tertiary/aromatic N) is 1. The molecule has 0 atom stereocenters. The summed E-state index contributed by atoms with van der Waals surface area (Å²) < 4.78 is 13.7. The zero-order valence-electron chi connectivity index (χ0n) is 10.8. The van der Waals surface area contributed by atoms with Gasteiger partial charge in [-0.1, -0.05) is 18.2 Å². The molecule has 0 spiro atoms. The first-order valence-corrected chi connectivity index (χ1v) is 7.11. The maximum atomic E-state index is 12.8. The van der Waals surface area contributed by atoms with Gasteiger partial charge < -0.3 is 5.32 Å². The third-order valence-corrected chi connectivity index (χ3v) is 3.65. The van der Waals surface area contributed by atoms with E-state index in [9.17, 15) is 9.18 Å². The van der Waals surface area contributed by atoms with Crippen molar-refractivity contribution in [2.75, 3.05) is 5.32 Å². The molecule has 0 aliphatic rings. The van der Waals surface area contributed by atoms with E-state index in [4.69, 9.17) is 5.26 Å². The number of hydrogen-bond donors (Lipinski definition) is 1. The highest BCUT2D eigenvalue weighted by molar-refractivity contribution is 14.1. The average Bonchev–Trinajstić information content (AvgIpc) is 2.48. The Hall–Kier alpha value is -2.20. The molecule has 3 nitrogen and oxygen atoms in total. The summed E-state index contributed by atoms with van der Waals surface area (Å²) in [5.41, 5.74) is 1.22. The van der Waals surface area contributed by atoms with Gasteiger partial charge in [0, 0.05) is 9.26 Å². The lowest BCUT2D eigenvalue weighted by Gasteiger charge is -2.04. The predicted octanol–water partition coefficient (Wildman–Crippen LogP) is 3.98. The van der Waals surface area contributed by atoms with Crippen molar-refractivity contribution in [2.24, 2.45) is 0 Å². The van der Waals surface area contributed by atoms with Crippen LogP contribution in [0, 0.1) is 20.7 Å². The van der Waals surface area contributed by atoms with E-state index >= 15 is 0 Å². The Bertz CT molecular complexity index is 733. The van der Waals surface area contributed by atoms with Gasteiger partial charge in [0.15, 0.2) is 0 Å². The number of anilines is 1. The SMILES string of the molecule is N#C/C(=C/c1ccccc1I)C(=O)Nc1ccc(F)cc1. The van der Waals surface area contributed by atoms with E-state index in [0.29, 0.717) is 5.69 Å². The molecule has 0 fully saturated rings. The van der Waals surface area contributed by atoms with Gasteiger partial charge in [-0.05, 0) is 64.6 Å². The molecule has 1 amide bonds. The topological polar surface area (TPSA) is 52.9 Å². The third-order valence-electron chi connectivity index (χ3n) is 2.67. The largest absolute Gasteiger partial charge is 0.321 e. The van der Waals surface area contributed by atoms with Crippen LogP contribution in [0.4, 0.5) is 10.1 Å². The molecule has 5 heteroatoms. The maximum absolute atomic E-state index is 12.8. The van der Waals surface area contributed by atoms with Crippen molar-refractivity contribution < 1.29 is 9.18 Å². The van der Waals surface area contributed by atoms with Gasteiger partial charge in [-0.15, -0.1) is 0 Å². The molecule has 21 heavy (non-hydrogen) atoms. The summed E-state index contributed by atoms with van der Waals surface area (Å²) >= 11 is 2.13. The Labute approximate surface area is 135 Å². The van der Waals surface area contributed by atoms with Gasteiger partial charge in [-0.3, -0.25) is 4.79 Å². The van der Waals surface area contributed by atoms with E-state index in [1.807, 2.05) is 30.3 Å². The Balaban J connectivity index is 2.22. The lowest BCUT2D eigenvalue weighted by Crippen LogP contribution is -2.13. The molecule has 0 bridgehead atoms. The first-order chi connectivity index (χ1) is 10.1. The molecule has 0 aromatic heterocycles. The van der Waals surface area contributed by atoms with Crippen LogP contribution in [0.15, 0.2) is 54.1 Å². The van der Waals surface area contributed by atoms with E-state index in [2.05, 4.69) is 27.9 Å². The van der Waals surface area contributed by atoms with Gasteiger partial charge in [0.2, 0.25) is 0 Å². The number of hydrogen-bond acceptors (Lipinski definition) is 2. The van der Waals surface area contributed by atoms with Crippen molar-refractivity contribution in [1.82, 2.24) is 0 Å². The molecule has 0 radical (unpaired) electrons. The van der Waals surface area contributed by atoms with Gasteiger partial charge in [0.25, 0.3) is 5.91 Å². The first-order valence-electron chi connectivity index (χ1n) is 6.03. The number of nitriles is 1. The van der Waals surface area contributed by atoms with Crippen LogP contribution in [0.25, 0.3) is 6.08 Å². The van der Waals surface area contributed by atoms with E-state index in [1.165, 1.54) is 30.3 Å². The maximum Gasteiger partial charge on any atom is 0.266 e. The molecule has 2 aromatic carbocycles. The molecule has 2 aromatic rings. The molecular formula is C16H10FIN2O. The van der Waals surface area contributed by atoms with Crippen LogP contribution in [0.2, 0.25) is 0 Å². The highest BCUT2D eigenvalue weighted by Crippen LogP contribution is 2.16. The molecular weight excluding hydrogens is 382 g/mol. The molecule has 0 unspecified atom stereocenters. The zero-order valence-corrected chi connectivity index (χ0v) is 13.0. The highest BCUT2D eigenvalue weighted by Gasteiger charge is 2.10. The monoisotopic (exact) mass is 392 g/mol. The van der Waals surface area contributed by atoms with Crippen molar-refractivity contribution in [1.29, 1.82) is 5.26 Å². The number of rotatable bonds is 3. The fourth-order valence-electron chi connectivity index (χ4n) is 1.63. The number of amides is 1. The molecule has 0 saturated heterocycles. The van der Waals surface area contributed by atoms with Crippen LogP contribution in [-0.4, -0.2) is 5.91 Å². The van der Waals surface area contributed by atoms with Crippen LogP contribution >= 0.6 is 22.6 Å². The first kappa shape index (κ1) is 15.2. The summed E-state index contributed by atoms with van der Waals surface area (Å²) in [5, 5.41) is 11.7. The second-order valence-electron chi connectivity index (χ2n) is 4.15. The molecule has 0 saturated carbocycles. The van der Waals surface area contributed by atoms with Gasteiger partial charge in [-0.2, -0.15) is 5.26 Å². The standard InChI is InChI=1S/C16H10FIN2O/c17-13-5-7-14(8-6-13)20-16(21)12(10-19)9-11-3-1-2-4-15(11)18/h1-9H,(H,20,21)/b12-9-. The minimum atomic E-state index is -0.524. The lowest BCUT2D eigenvalue weighted by atomic mass is 10.1. The quantitative estimate of drug-likeness (QED) is 0.488. The van der Waals surface area contributed by atoms with Crippen molar-refractivity contribution in [3.05, 3.63) is 69.1 Å². The fraction of sp³-hybridized carbons (Fsp3) is 0. The smallest absolute Gasteiger partial charge is 0.266 e. The zero-order chi connectivity index (χ0) is 15.2. The number of halogens is 2. The molecule has 104 valence electrons. The molecule has 1 N–H and O–H groups in total. The summed E-state index contributed by atoms with van der Waals surface area (Å²) in [7, 11) is 0. The number of carbonyl (C=O) groups excluding carboxylic acids is 1. The van der Waals surface area contributed by atoms with Crippen LogP contribution in [0.1, 0.15) is 5.56 Å². The van der Waals surface area contributed by atoms with E-state index in [-0.39, 0.29) is 11.4 Å². The second-order valence-corrected chi connectivity index (χ2v) is 5.31. The van der Waals surface area contributed by atoms with Crippen molar-refractivity contribution in [3.63, 3.8) is 0 Å².